The Bertz CT molecular complexity index is 1720. The molecule has 2 N–H and O–H groups in total. The number of carbonyl (C=O) groups excluding carboxylic acids is 1. The maximum atomic E-state index is 13.5. The standard InChI is InChI=1S/C28H24ClN5O2/c1-18-8-7-14-34-25(18)32-26-22(28(34)36)16-21(27(35)31-17-20-11-5-6-12-23(20)29)24(30)33(26)15-13-19-9-3-2-4-10-19/h2-12,14,16,30H,13,15,17H2,1H3,(H,31,35). The highest BCUT2D eigenvalue weighted by molar-refractivity contribution is 6.31. The summed E-state index contributed by atoms with van der Waals surface area (Å²) in [4.78, 5) is 31.5. The highest BCUT2D eigenvalue weighted by atomic mass is 35.5. The largest absolute Gasteiger partial charge is 0.348 e. The van der Waals surface area contributed by atoms with Gasteiger partial charge in [-0.1, -0.05) is 66.2 Å². The van der Waals surface area contributed by atoms with Gasteiger partial charge in [-0.3, -0.25) is 19.4 Å². The normalized spacial score (nSPS) is 11.2. The average molecular weight is 498 g/mol. The van der Waals surface area contributed by atoms with E-state index in [1.54, 1.807) is 22.9 Å². The van der Waals surface area contributed by atoms with E-state index in [0.717, 1.165) is 16.7 Å². The molecule has 5 rings (SSSR count). The van der Waals surface area contributed by atoms with Gasteiger partial charge in [-0.25, -0.2) is 4.98 Å². The van der Waals surface area contributed by atoms with Crippen LogP contribution < -0.4 is 16.4 Å². The number of amides is 1. The van der Waals surface area contributed by atoms with Crippen LogP contribution >= 0.6 is 11.6 Å². The van der Waals surface area contributed by atoms with E-state index < -0.39 is 5.91 Å². The van der Waals surface area contributed by atoms with Crippen molar-refractivity contribution in [3.8, 4) is 0 Å². The Hall–Kier alpha value is -4.23. The quantitative estimate of drug-likeness (QED) is 0.343. The van der Waals surface area contributed by atoms with Gasteiger partial charge in [-0.15, -0.1) is 0 Å². The molecule has 3 heterocycles. The van der Waals surface area contributed by atoms with Crippen LogP contribution in [0.1, 0.15) is 27.0 Å². The molecule has 0 unspecified atom stereocenters. The fourth-order valence-electron chi connectivity index (χ4n) is 4.29. The molecule has 0 fully saturated rings. The summed E-state index contributed by atoms with van der Waals surface area (Å²) in [7, 11) is 0. The topological polar surface area (TPSA) is 92.3 Å². The van der Waals surface area contributed by atoms with Crippen molar-refractivity contribution in [1.82, 2.24) is 19.3 Å². The van der Waals surface area contributed by atoms with Crippen LogP contribution in [0.2, 0.25) is 5.02 Å². The predicted molar refractivity (Wildman–Crippen MR) is 140 cm³/mol. The summed E-state index contributed by atoms with van der Waals surface area (Å²) in [6.07, 6.45) is 2.28. The van der Waals surface area contributed by atoms with E-state index in [1.165, 1.54) is 10.5 Å². The van der Waals surface area contributed by atoms with Gasteiger partial charge in [0.1, 0.15) is 16.8 Å². The Kier molecular flexibility index (Phi) is 6.40. The number of halogens is 1. The first-order valence-electron chi connectivity index (χ1n) is 11.6. The predicted octanol–water partition coefficient (Wildman–Crippen LogP) is 4.26. The second kappa shape index (κ2) is 9.79. The summed E-state index contributed by atoms with van der Waals surface area (Å²) < 4.78 is 3.13. The molecule has 3 aromatic heterocycles. The first-order chi connectivity index (χ1) is 17.4. The molecule has 0 aliphatic rings. The lowest BCUT2D eigenvalue weighted by molar-refractivity contribution is 0.0948. The van der Waals surface area contributed by atoms with Gasteiger partial charge in [-0.2, -0.15) is 0 Å². The monoisotopic (exact) mass is 497 g/mol. The molecule has 2 aromatic carbocycles. The highest BCUT2D eigenvalue weighted by Crippen LogP contribution is 2.16. The Morgan fingerprint density at radius 1 is 1.03 bits per heavy atom. The Morgan fingerprint density at radius 2 is 1.78 bits per heavy atom. The van der Waals surface area contributed by atoms with Gasteiger partial charge in [0.15, 0.2) is 0 Å². The van der Waals surface area contributed by atoms with Gasteiger partial charge in [0.05, 0.1) is 10.9 Å². The van der Waals surface area contributed by atoms with Gasteiger partial charge in [0.2, 0.25) is 0 Å². The van der Waals surface area contributed by atoms with E-state index >= 15 is 0 Å². The fourth-order valence-corrected chi connectivity index (χ4v) is 4.49. The summed E-state index contributed by atoms with van der Waals surface area (Å²) in [5.74, 6) is -0.455. The van der Waals surface area contributed by atoms with E-state index in [2.05, 4.69) is 5.32 Å². The zero-order valence-corrected chi connectivity index (χ0v) is 20.4. The second-order valence-electron chi connectivity index (χ2n) is 8.61. The molecule has 0 bridgehead atoms. The lowest BCUT2D eigenvalue weighted by Crippen LogP contribution is -2.35. The van der Waals surface area contributed by atoms with Crippen molar-refractivity contribution >= 4 is 34.2 Å². The van der Waals surface area contributed by atoms with Crippen LogP contribution in [0.5, 0.6) is 0 Å². The van der Waals surface area contributed by atoms with Crippen LogP contribution in [0.25, 0.3) is 16.7 Å². The number of hydrogen-bond acceptors (Lipinski definition) is 4. The van der Waals surface area contributed by atoms with Crippen molar-refractivity contribution in [1.29, 1.82) is 5.41 Å². The Morgan fingerprint density at radius 3 is 2.56 bits per heavy atom. The minimum absolute atomic E-state index is 0.0000704. The van der Waals surface area contributed by atoms with Crippen LogP contribution in [0.4, 0.5) is 0 Å². The van der Waals surface area contributed by atoms with Crippen molar-refractivity contribution in [3.05, 3.63) is 122 Å². The van der Waals surface area contributed by atoms with Crippen LogP contribution in [0, 0.1) is 12.3 Å². The van der Waals surface area contributed by atoms with Crippen molar-refractivity contribution in [2.24, 2.45) is 0 Å². The van der Waals surface area contributed by atoms with E-state index in [-0.39, 0.29) is 28.5 Å². The summed E-state index contributed by atoms with van der Waals surface area (Å²) in [5.41, 5.74) is 3.43. The molecule has 1 amide bonds. The molecule has 180 valence electrons. The summed E-state index contributed by atoms with van der Waals surface area (Å²) in [6.45, 7) is 2.48. The highest BCUT2D eigenvalue weighted by Gasteiger charge is 2.18. The number of nitrogens with zero attached hydrogens (tertiary/aromatic N) is 3. The molecule has 8 heteroatoms. The van der Waals surface area contributed by atoms with Gasteiger partial charge < -0.3 is 9.88 Å². The third-order valence-corrected chi connectivity index (χ3v) is 6.61. The second-order valence-corrected chi connectivity index (χ2v) is 9.01. The van der Waals surface area contributed by atoms with E-state index in [1.807, 2.05) is 61.5 Å². The zero-order chi connectivity index (χ0) is 25.2. The van der Waals surface area contributed by atoms with Gasteiger partial charge in [0.25, 0.3) is 11.5 Å². The molecular weight excluding hydrogens is 474 g/mol. The van der Waals surface area contributed by atoms with Crippen molar-refractivity contribution in [2.45, 2.75) is 26.4 Å². The van der Waals surface area contributed by atoms with Gasteiger partial charge >= 0.3 is 0 Å². The number of pyridine rings is 2. The number of nitrogens with one attached hydrogen (secondary N) is 2. The first kappa shape index (κ1) is 23.5. The minimum atomic E-state index is -0.455. The maximum absolute atomic E-state index is 13.5. The Labute approximate surface area is 212 Å². The number of hydrogen-bond donors (Lipinski definition) is 2. The molecular formula is C28H24ClN5O2. The smallest absolute Gasteiger partial charge is 0.267 e. The molecule has 0 saturated heterocycles. The summed E-state index contributed by atoms with van der Waals surface area (Å²) >= 11 is 6.23. The van der Waals surface area contributed by atoms with E-state index in [9.17, 15) is 9.59 Å². The molecule has 5 aromatic rings. The van der Waals surface area contributed by atoms with Crippen LogP contribution in [-0.4, -0.2) is 19.9 Å². The molecule has 0 saturated carbocycles. The van der Waals surface area contributed by atoms with Crippen molar-refractivity contribution in [3.63, 3.8) is 0 Å². The lowest BCUT2D eigenvalue weighted by atomic mass is 10.1. The SMILES string of the molecule is Cc1cccn2c(=O)c3cc(C(=O)NCc4ccccc4Cl)c(=N)n(CCc4ccccc4)c3nc12. The summed E-state index contributed by atoms with van der Waals surface area (Å²) in [6, 6.07) is 22.3. The van der Waals surface area contributed by atoms with E-state index in [0.29, 0.717) is 29.3 Å². The molecule has 0 aliphatic heterocycles. The van der Waals surface area contributed by atoms with E-state index in [4.69, 9.17) is 22.0 Å². The number of rotatable bonds is 6. The molecule has 0 radical (unpaired) electrons. The molecule has 0 aliphatic carbocycles. The maximum Gasteiger partial charge on any atom is 0.267 e. The van der Waals surface area contributed by atoms with Crippen molar-refractivity contribution < 1.29 is 4.79 Å². The lowest BCUT2D eigenvalue weighted by Gasteiger charge is -2.15. The molecule has 0 spiro atoms. The number of aryl methyl sites for hydroxylation is 3. The van der Waals surface area contributed by atoms with Crippen LogP contribution in [-0.2, 0) is 19.5 Å². The third kappa shape index (κ3) is 4.41. The molecule has 36 heavy (non-hydrogen) atoms. The Balaban J connectivity index is 1.63. The summed E-state index contributed by atoms with van der Waals surface area (Å²) in [5, 5.41) is 12.6. The average Bonchev–Trinajstić information content (AvgIpc) is 2.89. The zero-order valence-electron chi connectivity index (χ0n) is 19.7. The fraction of sp³-hybridized carbons (Fsp3) is 0.143. The molecule has 7 nitrogen and oxygen atoms in total. The number of aromatic nitrogens is 3. The third-order valence-electron chi connectivity index (χ3n) is 6.24. The van der Waals surface area contributed by atoms with Crippen LogP contribution in [0.15, 0.2) is 83.8 Å². The first-order valence-corrected chi connectivity index (χ1v) is 12.0. The van der Waals surface area contributed by atoms with Gasteiger partial charge in [0, 0.05) is 24.3 Å². The van der Waals surface area contributed by atoms with Gasteiger partial charge in [-0.05, 0) is 48.2 Å². The minimum Gasteiger partial charge on any atom is -0.348 e. The molecule has 0 atom stereocenters. The number of fused-ring (bicyclic) bond motifs is 2. The number of benzene rings is 2. The van der Waals surface area contributed by atoms with Crippen molar-refractivity contribution in [2.75, 3.05) is 0 Å². The number of carbonyl (C=O) groups is 1. The van der Waals surface area contributed by atoms with Crippen LogP contribution in [0.3, 0.4) is 0 Å².